The SMILES string of the molecule is Cc1ccc(-c2ccc(/C=C3\NC(=O)N(CC(=O)Nc4cccc(C)c4)C3=O)o2)cc1. The van der Waals surface area contributed by atoms with Gasteiger partial charge in [0.25, 0.3) is 5.91 Å². The van der Waals surface area contributed by atoms with E-state index >= 15 is 0 Å². The summed E-state index contributed by atoms with van der Waals surface area (Å²) < 4.78 is 5.78. The zero-order chi connectivity index (χ0) is 22.0. The standard InChI is InChI=1S/C24H21N3O4/c1-15-6-8-17(9-7-15)21-11-10-19(31-21)13-20-23(29)27(24(30)26-20)14-22(28)25-18-5-3-4-16(2)12-18/h3-13H,14H2,1-2H3,(H,25,28)(H,26,30)/b20-13-. The van der Waals surface area contributed by atoms with E-state index in [1.807, 2.05) is 50.2 Å². The highest BCUT2D eigenvalue weighted by Gasteiger charge is 2.35. The average molecular weight is 415 g/mol. The molecule has 156 valence electrons. The van der Waals surface area contributed by atoms with Gasteiger partial charge in [-0.2, -0.15) is 0 Å². The number of furan rings is 1. The minimum Gasteiger partial charge on any atom is -0.457 e. The number of benzene rings is 2. The highest BCUT2D eigenvalue weighted by Crippen LogP contribution is 2.24. The van der Waals surface area contributed by atoms with Gasteiger partial charge in [0.15, 0.2) is 0 Å². The molecule has 1 aliphatic rings. The normalized spacial score (nSPS) is 14.8. The van der Waals surface area contributed by atoms with Crippen molar-refractivity contribution in [3.63, 3.8) is 0 Å². The molecule has 2 N–H and O–H groups in total. The van der Waals surface area contributed by atoms with Gasteiger partial charge < -0.3 is 15.1 Å². The van der Waals surface area contributed by atoms with Crippen LogP contribution in [-0.2, 0) is 9.59 Å². The van der Waals surface area contributed by atoms with Crippen molar-refractivity contribution < 1.29 is 18.8 Å². The van der Waals surface area contributed by atoms with Crippen molar-refractivity contribution in [1.82, 2.24) is 10.2 Å². The molecule has 4 amide bonds. The van der Waals surface area contributed by atoms with Gasteiger partial charge in [0, 0.05) is 17.3 Å². The van der Waals surface area contributed by atoms with E-state index in [2.05, 4.69) is 10.6 Å². The third-order valence-corrected chi connectivity index (χ3v) is 4.82. The Hall–Kier alpha value is -4.13. The second-order valence-electron chi connectivity index (χ2n) is 7.37. The minimum atomic E-state index is -0.652. The number of imide groups is 1. The summed E-state index contributed by atoms with van der Waals surface area (Å²) in [7, 11) is 0. The van der Waals surface area contributed by atoms with Crippen molar-refractivity contribution in [2.24, 2.45) is 0 Å². The summed E-state index contributed by atoms with van der Waals surface area (Å²) in [5.74, 6) is 0.0241. The number of amides is 4. The van der Waals surface area contributed by atoms with Gasteiger partial charge in [-0.25, -0.2) is 9.69 Å². The first kappa shape index (κ1) is 20.2. The Morgan fingerprint density at radius 1 is 1.03 bits per heavy atom. The minimum absolute atomic E-state index is 0.0539. The number of carbonyl (C=O) groups excluding carboxylic acids is 3. The molecule has 2 aromatic carbocycles. The number of nitrogens with one attached hydrogen (secondary N) is 2. The first-order chi connectivity index (χ1) is 14.9. The molecule has 7 nitrogen and oxygen atoms in total. The fourth-order valence-corrected chi connectivity index (χ4v) is 3.23. The van der Waals surface area contributed by atoms with Gasteiger partial charge in [-0.3, -0.25) is 9.59 Å². The van der Waals surface area contributed by atoms with Crippen LogP contribution in [0.2, 0.25) is 0 Å². The lowest BCUT2D eigenvalue weighted by Gasteiger charge is -2.12. The van der Waals surface area contributed by atoms with Crippen LogP contribution in [0.3, 0.4) is 0 Å². The molecule has 2 heterocycles. The van der Waals surface area contributed by atoms with E-state index in [1.54, 1.807) is 24.3 Å². The molecule has 1 aromatic heterocycles. The zero-order valence-electron chi connectivity index (χ0n) is 17.1. The van der Waals surface area contributed by atoms with E-state index in [4.69, 9.17) is 4.42 Å². The second kappa shape index (κ2) is 8.31. The first-order valence-electron chi connectivity index (χ1n) is 9.77. The Balaban J connectivity index is 1.45. The number of aryl methyl sites for hydroxylation is 2. The summed E-state index contributed by atoms with van der Waals surface area (Å²) in [6, 6.07) is 18.0. The summed E-state index contributed by atoms with van der Waals surface area (Å²) in [4.78, 5) is 38.0. The Morgan fingerprint density at radius 3 is 2.55 bits per heavy atom. The van der Waals surface area contributed by atoms with Crippen LogP contribution in [-0.4, -0.2) is 29.3 Å². The predicted molar refractivity (Wildman–Crippen MR) is 117 cm³/mol. The van der Waals surface area contributed by atoms with Crippen molar-refractivity contribution >= 4 is 29.6 Å². The molecule has 0 unspecified atom stereocenters. The molecule has 1 fully saturated rings. The Labute approximate surface area is 179 Å². The van der Waals surface area contributed by atoms with Crippen molar-refractivity contribution in [3.8, 4) is 11.3 Å². The van der Waals surface area contributed by atoms with Gasteiger partial charge in [0.2, 0.25) is 5.91 Å². The van der Waals surface area contributed by atoms with Gasteiger partial charge in [0.05, 0.1) is 0 Å². The van der Waals surface area contributed by atoms with Crippen LogP contribution in [0.5, 0.6) is 0 Å². The number of hydrogen-bond donors (Lipinski definition) is 2. The smallest absolute Gasteiger partial charge is 0.329 e. The molecule has 0 bridgehead atoms. The van der Waals surface area contributed by atoms with Crippen LogP contribution in [0.15, 0.2) is 70.8 Å². The van der Waals surface area contributed by atoms with Crippen LogP contribution in [0.4, 0.5) is 10.5 Å². The van der Waals surface area contributed by atoms with E-state index in [9.17, 15) is 14.4 Å². The maximum absolute atomic E-state index is 12.6. The zero-order valence-corrected chi connectivity index (χ0v) is 17.1. The molecule has 7 heteroatoms. The van der Waals surface area contributed by atoms with Gasteiger partial charge in [0.1, 0.15) is 23.8 Å². The lowest BCUT2D eigenvalue weighted by atomic mass is 10.1. The molecular formula is C24H21N3O4. The van der Waals surface area contributed by atoms with Gasteiger partial charge in [-0.15, -0.1) is 0 Å². The quantitative estimate of drug-likeness (QED) is 0.485. The molecule has 4 rings (SSSR count). The molecule has 0 aliphatic carbocycles. The summed E-state index contributed by atoms with van der Waals surface area (Å²) >= 11 is 0. The number of carbonyl (C=O) groups is 3. The van der Waals surface area contributed by atoms with E-state index < -0.39 is 17.8 Å². The Kier molecular flexibility index (Phi) is 5.41. The van der Waals surface area contributed by atoms with Crippen molar-refractivity contribution in [3.05, 3.63) is 83.2 Å². The van der Waals surface area contributed by atoms with Crippen LogP contribution >= 0.6 is 0 Å². The van der Waals surface area contributed by atoms with Crippen LogP contribution < -0.4 is 10.6 Å². The molecule has 1 saturated heterocycles. The first-order valence-corrected chi connectivity index (χ1v) is 9.77. The maximum atomic E-state index is 12.6. The molecule has 31 heavy (non-hydrogen) atoms. The average Bonchev–Trinajstić information content (AvgIpc) is 3.29. The number of urea groups is 1. The predicted octanol–water partition coefficient (Wildman–Crippen LogP) is 4.09. The topological polar surface area (TPSA) is 91.7 Å². The van der Waals surface area contributed by atoms with Crippen LogP contribution in [0.1, 0.15) is 16.9 Å². The van der Waals surface area contributed by atoms with E-state index in [1.165, 1.54) is 6.08 Å². The summed E-state index contributed by atoms with van der Waals surface area (Å²) in [5.41, 5.74) is 3.70. The van der Waals surface area contributed by atoms with E-state index in [0.29, 0.717) is 17.2 Å². The maximum Gasteiger partial charge on any atom is 0.329 e. The third-order valence-electron chi connectivity index (χ3n) is 4.82. The van der Waals surface area contributed by atoms with Crippen molar-refractivity contribution in [2.75, 3.05) is 11.9 Å². The summed E-state index contributed by atoms with van der Waals surface area (Å²) in [5, 5.41) is 5.19. The molecule has 0 radical (unpaired) electrons. The third kappa shape index (κ3) is 4.56. The fourth-order valence-electron chi connectivity index (χ4n) is 3.23. The molecule has 3 aromatic rings. The number of anilines is 1. The lowest BCUT2D eigenvalue weighted by Crippen LogP contribution is -2.38. The number of hydrogen-bond acceptors (Lipinski definition) is 4. The van der Waals surface area contributed by atoms with Gasteiger partial charge in [-0.05, 0) is 43.7 Å². The van der Waals surface area contributed by atoms with Gasteiger partial charge in [-0.1, -0.05) is 42.0 Å². The Morgan fingerprint density at radius 2 is 1.81 bits per heavy atom. The lowest BCUT2D eigenvalue weighted by molar-refractivity contribution is -0.127. The highest BCUT2D eigenvalue weighted by molar-refractivity contribution is 6.15. The van der Waals surface area contributed by atoms with Crippen LogP contribution in [0, 0.1) is 13.8 Å². The molecule has 1 aliphatic heterocycles. The monoisotopic (exact) mass is 415 g/mol. The second-order valence-corrected chi connectivity index (χ2v) is 7.37. The van der Waals surface area contributed by atoms with Crippen molar-refractivity contribution in [2.45, 2.75) is 13.8 Å². The largest absolute Gasteiger partial charge is 0.457 e. The summed E-state index contributed by atoms with van der Waals surface area (Å²) in [6.45, 7) is 3.52. The van der Waals surface area contributed by atoms with E-state index in [-0.39, 0.29) is 12.2 Å². The highest BCUT2D eigenvalue weighted by atomic mass is 16.3. The number of rotatable bonds is 5. The molecule has 0 spiro atoms. The Bertz CT molecular complexity index is 1190. The summed E-state index contributed by atoms with van der Waals surface area (Å²) in [6.07, 6.45) is 1.45. The van der Waals surface area contributed by atoms with E-state index in [0.717, 1.165) is 21.6 Å². The van der Waals surface area contributed by atoms with Gasteiger partial charge >= 0.3 is 6.03 Å². The molecule has 0 saturated carbocycles. The molecular weight excluding hydrogens is 394 g/mol. The molecule has 0 atom stereocenters. The fraction of sp³-hybridized carbons (Fsp3) is 0.125. The van der Waals surface area contributed by atoms with Crippen LogP contribution in [0.25, 0.3) is 17.4 Å². The van der Waals surface area contributed by atoms with Crippen molar-refractivity contribution in [1.29, 1.82) is 0 Å². The number of nitrogens with zero attached hydrogens (tertiary/aromatic N) is 1.